The third kappa shape index (κ3) is 1.70. The number of halogens is 1. The zero-order valence-electron chi connectivity index (χ0n) is 5.76. The quantitative estimate of drug-likeness (QED) is 0.781. The molecule has 0 bridgehead atoms. The first-order chi connectivity index (χ1) is 4.86. The molecule has 54 valence electrons. The third-order valence-corrected chi connectivity index (χ3v) is 1.51. The lowest BCUT2D eigenvalue weighted by Gasteiger charge is -1.83. The maximum absolute atomic E-state index is 4.10. The van der Waals surface area contributed by atoms with Gasteiger partial charge in [0, 0.05) is 11.9 Å². The number of hydrogen-bond acceptors (Lipinski definition) is 1. The number of imidazole rings is 1. The van der Waals surface area contributed by atoms with Crippen molar-refractivity contribution < 1.29 is 0 Å². The maximum atomic E-state index is 4.10. The van der Waals surface area contributed by atoms with E-state index in [9.17, 15) is 0 Å². The van der Waals surface area contributed by atoms with Gasteiger partial charge in [0.1, 0.15) is 5.82 Å². The zero-order chi connectivity index (χ0) is 7.40. The summed E-state index contributed by atoms with van der Waals surface area (Å²) in [5.74, 6) is 0.897. The van der Waals surface area contributed by atoms with Gasteiger partial charge >= 0.3 is 0 Å². The number of H-pyrrole nitrogens is 1. The van der Waals surface area contributed by atoms with Gasteiger partial charge in [0.2, 0.25) is 0 Å². The molecule has 3 heteroatoms. The average Bonchev–Trinajstić information content (AvgIpc) is 2.37. The zero-order valence-corrected chi connectivity index (χ0v) is 7.35. The second-order valence-corrected chi connectivity index (χ2v) is 2.47. The van der Waals surface area contributed by atoms with Crippen LogP contribution in [0.15, 0.2) is 11.2 Å². The molecule has 0 radical (unpaired) electrons. The standard InChI is InChI=1S/C7H9BrN2/c1-2-6-5-9-7(10-6)3-4-8/h3-5H,2H2,1H3,(H,9,10)/b4-3+. The molecular weight excluding hydrogens is 192 g/mol. The van der Waals surface area contributed by atoms with E-state index in [2.05, 4.69) is 32.8 Å². The van der Waals surface area contributed by atoms with Crippen LogP contribution in [0.2, 0.25) is 0 Å². The van der Waals surface area contributed by atoms with Crippen LogP contribution in [0.5, 0.6) is 0 Å². The van der Waals surface area contributed by atoms with Gasteiger partial charge in [-0.3, -0.25) is 0 Å². The van der Waals surface area contributed by atoms with Crippen LogP contribution in [0.3, 0.4) is 0 Å². The lowest BCUT2D eigenvalue weighted by molar-refractivity contribution is 1.06. The molecule has 0 unspecified atom stereocenters. The molecule has 0 aromatic carbocycles. The van der Waals surface area contributed by atoms with Gasteiger partial charge in [-0.1, -0.05) is 22.9 Å². The number of aryl methyl sites for hydroxylation is 1. The minimum Gasteiger partial charge on any atom is -0.342 e. The first-order valence-electron chi connectivity index (χ1n) is 3.17. The Bertz CT molecular complexity index is 227. The summed E-state index contributed by atoms with van der Waals surface area (Å²) in [5.41, 5.74) is 1.17. The van der Waals surface area contributed by atoms with E-state index >= 15 is 0 Å². The second-order valence-electron chi connectivity index (χ2n) is 1.94. The molecule has 2 nitrogen and oxygen atoms in total. The van der Waals surface area contributed by atoms with Crippen molar-refractivity contribution in [3.8, 4) is 0 Å². The highest BCUT2D eigenvalue weighted by molar-refractivity contribution is 9.11. The number of aromatic nitrogens is 2. The molecule has 0 spiro atoms. The molecule has 10 heavy (non-hydrogen) atoms. The van der Waals surface area contributed by atoms with Gasteiger partial charge in [0.15, 0.2) is 0 Å². The van der Waals surface area contributed by atoms with Crippen LogP contribution in [0.1, 0.15) is 18.4 Å². The average molecular weight is 201 g/mol. The normalized spacial score (nSPS) is 11.0. The predicted molar refractivity (Wildman–Crippen MR) is 45.9 cm³/mol. The van der Waals surface area contributed by atoms with Crippen molar-refractivity contribution >= 4 is 22.0 Å². The van der Waals surface area contributed by atoms with Crippen LogP contribution in [-0.4, -0.2) is 9.97 Å². The third-order valence-electron chi connectivity index (χ3n) is 1.25. The fraction of sp³-hybridized carbons (Fsp3) is 0.286. The SMILES string of the molecule is CCc1cnc(/C=C/Br)[nH]1. The Morgan fingerprint density at radius 1 is 1.80 bits per heavy atom. The van der Waals surface area contributed by atoms with Crippen molar-refractivity contribution in [2.45, 2.75) is 13.3 Å². The topological polar surface area (TPSA) is 28.7 Å². The molecule has 0 saturated heterocycles. The van der Waals surface area contributed by atoms with Crippen molar-refractivity contribution in [3.63, 3.8) is 0 Å². The summed E-state index contributed by atoms with van der Waals surface area (Å²) in [4.78, 5) is 9.02. The fourth-order valence-electron chi connectivity index (χ4n) is 0.701. The van der Waals surface area contributed by atoms with Gasteiger partial charge in [-0.25, -0.2) is 4.98 Å². The Morgan fingerprint density at radius 2 is 2.60 bits per heavy atom. The van der Waals surface area contributed by atoms with Crippen LogP contribution in [0, 0.1) is 0 Å². The summed E-state index contributed by atoms with van der Waals surface area (Å²) in [6.07, 6.45) is 4.73. The predicted octanol–water partition coefficient (Wildman–Crippen LogP) is 2.34. The van der Waals surface area contributed by atoms with E-state index in [-0.39, 0.29) is 0 Å². The van der Waals surface area contributed by atoms with E-state index in [4.69, 9.17) is 0 Å². The lowest BCUT2D eigenvalue weighted by atomic mass is 10.4. The van der Waals surface area contributed by atoms with E-state index in [1.54, 1.807) is 4.99 Å². The number of hydrogen-bond donors (Lipinski definition) is 1. The smallest absolute Gasteiger partial charge is 0.130 e. The van der Waals surface area contributed by atoms with Gasteiger partial charge in [-0.05, 0) is 17.5 Å². The van der Waals surface area contributed by atoms with E-state index in [0.29, 0.717) is 0 Å². The Hall–Kier alpha value is -0.570. The van der Waals surface area contributed by atoms with Crippen LogP contribution in [0.25, 0.3) is 6.08 Å². The summed E-state index contributed by atoms with van der Waals surface area (Å²) in [5, 5.41) is 0. The number of nitrogens with zero attached hydrogens (tertiary/aromatic N) is 1. The monoisotopic (exact) mass is 200 g/mol. The van der Waals surface area contributed by atoms with Crippen LogP contribution >= 0.6 is 15.9 Å². The number of nitrogens with one attached hydrogen (secondary N) is 1. The van der Waals surface area contributed by atoms with Gasteiger partial charge < -0.3 is 4.98 Å². The molecule has 1 aromatic rings. The summed E-state index contributed by atoms with van der Waals surface area (Å²) < 4.78 is 0. The minimum atomic E-state index is 0.897. The minimum absolute atomic E-state index is 0.897. The summed E-state index contributed by atoms with van der Waals surface area (Å²) in [6, 6.07) is 0. The van der Waals surface area contributed by atoms with Crippen LogP contribution in [0.4, 0.5) is 0 Å². The number of rotatable bonds is 2. The van der Waals surface area contributed by atoms with Crippen LogP contribution in [-0.2, 0) is 6.42 Å². The maximum Gasteiger partial charge on any atom is 0.130 e. The van der Waals surface area contributed by atoms with Crippen molar-refractivity contribution in [1.82, 2.24) is 9.97 Å². The largest absolute Gasteiger partial charge is 0.342 e. The second kappa shape index (κ2) is 3.56. The Morgan fingerprint density at radius 3 is 3.10 bits per heavy atom. The summed E-state index contributed by atoms with van der Waals surface area (Å²) in [6.45, 7) is 2.09. The van der Waals surface area contributed by atoms with E-state index < -0.39 is 0 Å². The highest BCUT2D eigenvalue weighted by Gasteiger charge is 1.92. The number of aromatic amines is 1. The van der Waals surface area contributed by atoms with Crippen molar-refractivity contribution in [2.75, 3.05) is 0 Å². The molecular formula is C7H9BrN2. The molecule has 0 atom stereocenters. The van der Waals surface area contributed by atoms with Gasteiger partial charge in [0.25, 0.3) is 0 Å². The molecule has 0 aliphatic rings. The lowest BCUT2D eigenvalue weighted by Crippen LogP contribution is -1.77. The Balaban J connectivity index is 2.78. The molecule has 0 aliphatic carbocycles. The first kappa shape index (κ1) is 7.54. The van der Waals surface area contributed by atoms with Crippen molar-refractivity contribution in [1.29, 1.82) is 0 Å². The molecule has 0 saturated carbocycles. The molecule has 0 aliphatic heterocycles. The molecule has 0 fully saturated rings. The molecule has 1 rings (SSSR count). The van der Waals surface area contributed by atoms with Gasteiger partial charge in [0.05, 0.1) is 0 Å². The van der Waals surface area contributed by atoms with E-state index in [1.165, 1.54) is 5.69 Å². The van der Waals surface area contributed by atoms with Crippen molar-refractivity contribution in [3.05, 3.63) is 22.7 Å². The molecule has 0 amide bonds. The first-order valence-corrected chi connectivity index (χ1v) is 4.09. The molecule has 1 N–H and O–H groups in total. The summed E-state index contributed by atoms with van der Waals surface area (Å²) >= 11 is 3.18. The van der Waals surface area contributed by atoms with Crippen molar-refractivity contribution in [2.24, 2.45) is 0 Å². The van der Waals surface area contributed by atoms with Gasteiger partial charge in [-0.2, -0.15) is 0 Å². The summed E-state index contributed by atoms with van der Waals surface area (Å²) in [7, 11) is 0. The van der Waals surface area contributed by atoms with Gasteiger partial charge in [-0.15, -0.1) is 0 Å². The molecule has 1 heterocycles. The van der Waals surface area contributed by atoms with E-state index in [0.717, 1.165) is 12.2 Å². The van der Waals surface area contributed by atoms with E-state index in [1.807, 2.05) is 12.3 Å². The van der Waals surface area contributed by atoms with Crippen LogP contribution < -0.4 is 0 Å². The molecule has 1 aromatic heterocycles. The highest BCUT2D eigenvalue weighted by atomic mass is 79.9. The fourth-order valence-corrected chi connectivity index (χ4v) is 0.951. The Labute approximate surface area is 68.5 Å². The highest BCUT2D eigenvalue weighted by Crippen LogP contribution is 2.00. The Kier molecular flexibility index (Phi) is 2.68.